The second-order valence-corrected chi connectivity index (χ2v) is 7.46. The van der Waals surface area contributed by atoms with E-state index in [0.29, 0.717) is 37.4 Å². The molecule has 1 fully saturated rings. The van der Waals surface area contributed by atoms with E-state index in [1.807, 2.05) is 79.2 Å². The fourth-order valence-corrected chi connectivity index (χ4v) is 3.68. The van der Waals surface area contributed by atoms with Crippen LogP contribution in [0.25, 0.3) is 5.69 Å². The van der Waals surface area contributed by atoms with Crippen LogP contribution in [0, 0.1) is 13.8 Å². The normalized spacial score (nSPS) is 13.9. The Bertz CT molecular complexity index is 1050. The van der Waals surface area contributed by atoms with Crippen LogP contribution in [0.4, 0.5) is 10.5 Å². The van der Waals surface area contributed by atoms with E-state index in [4.69, 9.17) is 0 Å². The molecule has 3 amide bonds. The van der Waals surface area contributed by atoms with Crippen molar-refractivity contribution in [3.63, 3.8) is 0 Å². The highest BCUT2D eigenvalue weighted by molar-refractivity contribution is 5.94. The van der Waals surface area contributed by atoms with Crippen LogP contribution < -0.4 is 5.32 Å². The predicted molar refractivity (Wildman–Crippen MR) is 116 cm³/mol. The van der Waals surface area contributed by atoms with Gasteiger partial charge < -0.3 is 15.1 Å². The summed E-state index contributed by atoms with van der Waals surface area (Å²) >= 11 is 0. The van der Waals surface area contributed by atoms with E-state index in [-0.39, 0.29) is 11.9 Å². The minimum absolute atomic E-state index is 0.00763. The highest BCUT2D eigenvalue weighted by Gasteiger charge is 2.24. The van der Waals surface area contributed by atoms with Crippen molar-refractivity contribution in [3.05, 3.63) is 77.6 Å². The van der Waals surface area contributed by atoms with Gasteiger partial charge in [-0.1, -0.05) is 24.3 Å². The van der Waals surface area contributed by atoms with E-state index in [2.05, 4.69) is 10.4 Å². The highest BCUT2D eigenvalue weighted by atomic mass is 16.2. The highest BCUT2D eigenvalue weighted by Crippen LogP contribution is 2.18. The molecule has 7 heteroatoms. The number of anilines is 1. The zero-order valence-corrected chi connectivity index (χ0v) is 17.2. The maximum atomic E-state index is 12.7. The third-order valence-electron chi connectivity index (χ3n) is 5.23. The van der Waals surface area contributed by atoms with Gasteiger partial charge in [0.05, 0.1) is 11.4 Å². The summed E-state index contributed by atoms with van der Waals surface area (Å²) in [5.41, 5.74) is 4.28. The average molecular weight is 403 g/mol. The SMILES string of the molecule is Cc1cc(C)n(-c2cccc(NC(=O)N3CCN(C(=O)c4ccccc4)CC3)c2)n1. The Morgan fingerprint density at radius 3 is 2.23 bits per heavy atom. The smallest absolute Gasteiger partial charge is 0.321 e. The van der Waals surface area contributed by atoms with E-state index < -0.39 is 0 Å². The Hall–Kier alpha value is -3.61. The molecule has 1 saturated heterocycles. The number of hydrogen-bond donors (Lipinski definition) is 1. The van der Waals surface area contributed by atoms with Crippen LogP contribution in [-0.2, 0) is 0 Å². The Labute approximate surface area is 175 Å². The van der Waals surface area contributed by atoms with Crippen LogP contribution in [-0.4, -0.2) is 57.7 Å². The number of hydrogen-bond acceptors (Lipinski definition) is 3. The Morgan fingerprint density at radius 2 is 1.57 bits per heavy atom. The first kappa shape index (κ1) is 19.7. The molecule has 0 radical (unpaired) electrons. The summed E-state index contributed by atoms with van der Waals surface area (Å²) in [6, 6.07) is 18.7. The molecule has 1 aromatic heterocycles. The van der Waals surface area contributed by atoms with Gasteiger partial charge in [0.1, 0.15) is 0 Å². The van der Waals surface area contributed by atoms with Crippen molar-refractivity contribution in [2.75, 3.05) is 31.5 Å². The number of nitrogens with zero attached hydrogens (tertiary/aromatic N) is 4. The molecule has 4 rings (SSSR count). The molecule has 0 spiro atoms. The molecule has 2 aromatic carbocycles. The van der Waals surface area contributed by atoms with Crippen molar-refractivity contribution >= 4 is 17.6 Å². The van der Waals surface area contributed by atoms with Crippen LogP contribution in [0.2, 0.25) is 0 Å². The van der Waals surface area contributed by atoms with Gasteiger partial charge in [0, 0.05) is 43.1 Å². The van der Waals surface area contributed by atoms with Crippen LogP contribution in [0.15, 0.2) is 60.7 Å². The van der Waals surface area contributed by atoms with Crippen molar-refractivity contribution in [1.29, 1.82) is 0 Å². The molecule has 0 bridgehead atoms. The number of urea groups is 1. The Kier molecular flexibility index (Phi) is 5.52. The van der Waals surface area contributed by atoms with Gasteiger partial charge in [0.15, 0.2) is 0 Å². The summed E-state index contributed by atoms with van der Waals surface area (Å²) in [7, 11) is 0. The van der Waals surface area contributed by atoms with E-state index >= 15 is 0 Å². The number of carbonyl (C=O) groups is 2. The van der Waals surface area contributed by atoms with Crippen molar-refractivity contribution in [3.8, 4) is 5.69 Å². The summed E-state index contributed by atoms with van der Waals surface area (Å²) in [5, 5.41) is 7.46. The summed E-state index contributed by atoms with van der Waals surface area (Å²) in [6.07, 6.45) is 0. The fourth-order valence-electron chi connectivity index (χ4n) is 3.68. The molecule has 1 aliphatic rings. The molecule has 0 unspecified atom stereocenters. The van der Waals surface area contributed by atoms with E-state index in [1.165, 1.54) is 0 Å². The van der Waals surface area contributed by atoms with Crippen molar-refractivity contribution in [2.24, 2.45) is 0 Å². The molecule has 2 heterocycles. The number of piperazine rings is 1. The van der Waals surface area contributed by atoms with Crippen molar-refractivity contribution in [2.45, 2.75) is 13.8 Å². The molecule has 0 aliphatic carbocycles. The second kappa shape index (κ2) is 8.41. The maximum absolute atomic E-state index is 12.7. The van der Waals surface area contributed by atoms with Crippen molar-refractivity contribution < 1.29 is 9.59 Å². The predicted octanol–water partition coefficient (Wildman–Crippen LogP) is 3.48. The largest absolute Gasteiger partial charge is 0.335 e. The van der Waals surface area contributed by atoms with E-state index in [9.17, 15) is 9.59 Å². The Morgan fingerprint density at radius 1 is 0.867 bits per heavy atom. The van der Waals surface area contributed by atoms with Gasteiger partial charge in [-0.25, -0.2) is 9.48 Å². The lowest BCUT2D eigenvalue weighted by atomic mass is 10.2. The number of amides is 3. The number of aryl methyl sites for hydroxylation is 2. The molecule has 3 aromatic rings. The standard InChI is InChI=1S/C23H25N5O2/c1-17-15-18(2)28(25-17)21-10-6-9-20(16-21)24-23(30)27-13-11-26(12-14-27)22(29)19-7-4-3-5-8-19/h3-10,15-16H,11-14H2,1-2H3,(H,24,30). The molecule has 0 atom stereocenters. The lowest BCUT2D eigenvalue weighted by Crippen LogP contribution is -2.51. The number of benzene rings is 2. The fraction of sp³-hybridized carbons (Fsp3) is 0.261. The van der Waals surface area contributed by atoms with Crippen LogP contribution >= 0.6 is 0 Å². The van der Waals surface area contributed by atoms with Crippen LogP contribution in [0.3, 0.4) is 0 Å². The van der Waals surface area contributed by atoms with Gasteiger partial charge in [-0.2, -0.15) is 5.10 Å². The number of nitrogens with one attached hydrogen (secondary N) is 1. The zero-order valence-electron chi connectivity index (χ0n) is 17.2. The minimum Gasteiger partial charge on any atom is -0.335 e. The van der Waals surface area contributed by atoms with Crippen molar-refractivity contribution in [1.82, 2.24) is 19.6 Å². The second-order valence-electron chi connectivity index (χ2n) is 7.46. The summed E-state index contributed by atoms with van der Waals surface area (Å²) in [4.78, 5) is 28.8. The molecule has 1 N–H and O–H groups in total. The Balaban J connectivity index is 1.37. The molecular weight excluding hydrogens is 378 g/mol. The zero-order chi connectivity index (χ0) is 21.1. The first-order valence-electron chi connectivity index (χ1n) is 10.1. The monoisotopic (exact) mass is 403 g/mol. The number of aromatic nitrogens is 2. The third-order valence-corrected chi connectivity index (χ3v) is 5.23. The van der Waals surface area contributed by atoms with Gasteiger partial charge >= 0.3 is 6.03 Å². The molecule has 30 heavy (non-hydrogen) atoms. The summed E-state index contributed by atoms with van der Waals surface area (Å²) < 4.78 is 1.86. The van der Waals surface area contributed by atoms with Gasteiger partial charge in [0.2, 0.25) is 0 Å². The van der Waals surface area contributed by atoms with Gasteiger partial charge in [-0.15, -0.1) is 0 Å². The maximum Gasteiger partial charge on any atom is 0.321 e. The molecular formula is C23H25N5O2. The quantitative estimate of drug-likeness (QED) is 0.728. The van der Waals surface area contributed by atoms with E-state index in [1.54, 1.807) is 9.80 Å². The van der Waals surface area contributed by atoms with Crippen LogP contribution in [0.5, 0.6) is 0 Å². The average Bonchev–Trinajstić information content (AvgIpc) is 3.12. The van der Waals surface area contributed by atoms with E-state index in [0.717, 1.165) is 17.1 Å². The molecule has 154 valence electrons. The number of rotatable bonds is 3. The van der Waals surface area contributed by atoms with Gasteiger partial charge in [-0.3, -0.25) is 4.79 Å². The summed E-state index contributed by atoms with van der Waals surface area (Å²) in [5.74, 6) is 0.00763. The van der Waals surface area contributed by atoms with Gasteiger partial charge in [0.25, 0.3) is 5.91 Å². The third kappa shape index (κ3) is 4.20. The molecule has 1 aliphatic heterocycles. The lowest BCUT2D eigenvalue weighted by molar-refractivity contribution is 0.0671. The molecule has 7 nitrogen and oxygen atoms in total. The lowest BCUT2D eigenvalue weighted by Gasteiger charge is -2.34. The molecule has 0 saturated carbocycles. The topological polar surface area (TPSA) is 70.5 Å². The summed E-state index contributed by atoms with van der Waals surface area (Å²) in [6.45, 7) is 6.00. The minimum atomic E-state index is -0.160. The van der Waals surface area contributed by atoms with Crippen LogP contribution in [0.1, 0.15) is 21.7 Å². The first-order valence-corrected chi connectivity index (χ1v) is 10.1. The first-order chi connectivity index (χ1) is 14.5. The van der Waals surface area contributed by atoms with Gasteiger partial charge in [-0.05, 0) is 50.2 Å². The number of carbonyl (C=O) groups excluding carboxylic acids is 2.